The van der Waals surface area contributed by atoms with Crippen LogP contribution >= 0.6 is 0 Å². The molecule has 124 valence electrons. The summed E-state index contributed by atoms with van der Waals surface area (Å²) in [4.78, 5) is 16.3. The fourth-order valence-corrected chi connectivity index (χ4v) is 2.24. The summed E-state index contributed by atoms with van der Waals surface area (Å²) in [6, 6.07) is 3.33. The number of carbonyl (C=O) groups is 1. The number of hydrogen-bond acceptors (Lipinski definition) is 6. The average molecular weight is 320 g/mol. The summed E-state index contributed by atoms with van der Waals surface area (Å²) in [6.07, 6.45) is 0.101. The van der Waals surface area contributed by atoms with E-state index >= 15 is 0 Å². The zero-order valence-corrected chi connectivity index (χ0v) is 13.9. The van der Waals surface area contributed by atoms with Gasteiger partial charge in [-0.3, -0.25) is 4.79 Å². The number of hydrogen-bond donors (Lipinski definition) is 1. The predicted molar refractivity (Wildman–Crippen MR) is 84.4 cm³/mol. The second kappa shape index (κ2) is 7.04. The standard InChI is InChI=1S/C16H20N2O5/c1-9-12(23-10(2)17-9)8-15(19)18-11-6-13(20-3)16(22-5)14(7-11)21-4/h6-7H,8H2,1-5H3,(H,18,19). The summed E-state index contributed by atoms with van der Waals surface area (Å²) >= 11 is 0. The summed E-state index contributed by atoms with van der Waals surface area (Å²) < 4.78 is 21.2. The number of nitrogens with zero attached hydrogens (tertiary/aromatic N) is 1. The van der Waals surface area contributed by atoms with Gasteiger partial charge < -0.3 is 23.9 Å². The summed E-state index contributed by atoms with van der Waals surface area (Å²) in [7, 11) is 4.56. The van der Waals surface area contributed by atoms with Crippen LogP contribution in [-0.2, 0) is 11.2 Å². The van der Waals surface area contributed by atoms with Crippen LogP contribution in [0.4, 0.5) is 5.69 Å². The maximum absolute atomic E-state index is 12.2. The minimum Gasteiger partial charge on any atom is -0.493 e. The van der Waals surface area contributed by atoms with Gasteiger partial charge in [-0.05, 0) is 6.92 Å². The van der Waals surface area contributed by atoms with E-state index in [1.54, 1.807) is 26.0 Å². The molecule has 2 aromatic rings. The number of carbonyl (C=O) groups excluding carboxylic acids is 1. The summed E-state index contributed by atoms with van der Waals surface area (Å²) in [5.74, 6) is 2.27. The highest BCUT2D eigenvalue weighted by Gasteiger charge is 2.16. The van der Waals surface area contributed by atoms with Crippen LogP contribution < -0.4 is 19.5 Å². The van der Waals surface area contributed by atoms with Crippen molar-refractivity contribution < 1.29 is 23.4 Å². The minimum atomic E-state index is -0.224. The number of benzene rings is 1. The third-order valence-corrected chi connectivity index (χ3v) is 3.27. The van der Waals surface area contributed by atoms with Gasteiger partial charge in [0.25, 0.3) is 0 Å². The lowest BCUT2D eigenvalue weighted by atomic mass is 10.2. The van der Waals surface area contributed by atoms with Crippen LogP contribution in [0.25, 0.3) is 0 Å². The van der Waals surface area contributed by atoms with Crippen molar-refractivity contribution in [2.45, 2.75) is 20.3 Å². The molecule has 2 rings (SSSR count). The molecule has 0 unspecified atom stereocenters. The van der Waals surface area contributed by atoms with Gasteiger partial charge in [0.2, 0.25) is 11.7 Å². The molecule has 0 spiro atoms. The Morgan fingerprint density at radius 1 is 1.13 bits per heavy atom. The first-order valence-electron chi connectivity index (χ1n) is 7.01. The van der Waals surface area contributed by atoms with E-state index in [-0.39, 0.29) is 12.3 Å². The zero-order chi connectivity index (χ0) is 17.0. The van der Waals surface area contributed by atoms with Crippen molar-refractivity contribution in [1.29, 1.82) is 0 Å². The summed E-state index contributed by atoms with van der Waals surface area (Å²) in [5, 5.41) is 2.79. The van der Waals surface area contributed by atoms with Crippen molar-refractivity contribution >= 4 is 11.6 Å². The number of oxazole rings is 1. The zero-order valence-electron chi connectivity index (χ0n) is 13.9. The van der Waals surface area contributed by atoms with E-state index in [9.17, 15) is 4.79 Å². The Morgan fingerprint density at radius 3 is 2.17 bits per heavy atom. The maximum Gasteiger partial charge on any atom is 0.232 e. The number of ether oxygens (including phenoxy) is 3. The lowest BCUT2D eigenvalue weighted by molar-refractivity contribution is -0.115. The Kier molecular flexibility index (Phi) is 5.10. The number of aryl methyl sites for hydroxylation is 2. The molecule has 1 aromatic heterocycles. The van der Waals surface area contributed by atoms with Crippen LogP contribution in [0.5, 0.6) is 17.2 Å². The number of nitrogens with one attached hydrogen (secondary N) is 1. The number of amides is 1. The van der Waals surface area contributed by atoms with Gasteiger partial charge in [-0.25, -0.2) is 4.98 Å². The predicted octanol–water partition coefficient (Wildman–Crippen LogP) is 2.50. The van der Waals surface area contributed by atoms with Crippen LogP contribution in [-0.4, -0.2) is 32.2 Å². The molecule has 0 aliphatic carbocycles. The summed E-state index contributed by atoms with van der Waals surface area (Å²) in [5.41, 5.74) is 1.25. The molecule has 0 aliphatic heterocycles. The van der Waals surface area contributed by atoms with Gasteiger partial charge >= 0.3 is 0 Å². The largest absolute Gasteiger partial charge is 0.493 e. The molecule has 0 bridgehead atoms. The second-order valence-electron chi connectivity index (χ2n) is 4.88. The highest BCUT2D eigenvalue weighted by Crippen LogP contribution is 2.39. The molecule has 1 N–H and O–H groups in total. The highest BCUT2D eigenvalue weighted by molar-refractivity contribution is 5.92. The maximum atomic E-state index is 12.2. The van der Waals surface area contributed by atoms with Crippen LogP contribution in [0, 0.1) is 13.8 Å². The topological polar surface area (TPSA) is 82.8 Å². The van der Waals surface area contributed by atoms with Crippen molar-refractivity contribution in [3.05, 3.63) is 29.5 Å². The van der Waals surface area contributed by atoms with Gasteiger partial charge in [0.1, 0.15) is 5.76 Å². The molecule has 1 heterocycles. The average Bonchev–Trinajstić information content (AvgIpc) is 2.83. The molecule has 7 heteroatoms. The van der Waals surface area contributed by atoms with E-state index in [0.29, 0.717) is 40.3 Å². The first-order valence-corrected chi connectivity index (χ1v) is 7.01. The Hall–Kier alpha value is -2.70. The lowest BCUT2D eigenvalue weighted by Crippen LogP contribution is -2.15. The van der Waals surface area contributed by atoms with Gasteiger partial charge in [-0.2, -0.15) is 0 Å². The normalized spacial score (nSPS) is 10.3. The number of methoxy groups -OCH3 is 3. The molecule has 23 heavy (non-hydrogen) atoms. The van der Waals surface area contributed by atoms with E-state index in [1.807, 2.05) is 0 Å². The van der Waals surface area contributed by atoms with Crippen molar-refractivity contribution in [1.82, 2.24) is 4.98 Å². The second-order valence-corrected chi connectivity index (χ2v) is 4.88. The third-order valence-electron chi connectivity index (χ3n) is 3.27. The molecule has 7 nitrogen and oxygen atoms in total. The van der Waals surface area contributed by atoms with Crippen molar-refractivity contribution in [2.75, 3.05) is 26.6 Å². The monoisotopic (exact) mass is 320 g/mol. The SMILES string of the molecule is COc1cc(NC(=O)Cc2oc(C)nc2C)cc(OC)c1OC. The van der Waals surface area contributed by atoms with Crippen molar-refractivity contribution in [3.63, 3.8) is 0 Å². The van der Waals surface area contributed by atoms with Crippen LogP contribution in [0.1, 0.15) is 17.3 Å². The fourth-order valence-electron chi connectivity index (χ4n) is 2.24. The third kappa shape index (κ3) is 3.74. The van der Waals surface area contributed by atoms with Crippen LogP contribution in [0.2, 0.25) is 0 Å². The van der Waals surface area contributed by atoms with Crippen LogP contribution in [0.15, 0.2) is 16.5 Å². The fraction of sp³-hybridized carbons (Fsp3) is 0.375. The molecular weight excluding hydrogens is 300 g/mol. The molecular formula is C16H20N2O5. The number of aromatic nitrogens is 1. The van der Waals surface area contributed by atoms with E-state index in [1.165, 1.54) is 21.3 Å². The van der Waals surface area contributed by atoms with E-state index in [0.717, 1.165) is 0 Å². The molecule has 0 saturated heterocycles. The van der Waals surface area contributed by atoms with E-state index < -0.39 is 0 Å². The molecule has 0 aliphatic rings. The number of rotatable bonds is 6. The smallest absolute Gasteiger partial charge is 0.232 e. The highest BCUT2D eigenvalue weighted by atomic mass is 16.5. The molecule has 0 atom stereocenters. The van der Waals surface area contributed by atoms with Gasteiger partial charge in [0.15, 0.2) is 17.4 Å². The molecule has 1 amide bonds. The van der Waals surface area contributed by atoms with E-state index in [4.69, 9.17) is 18.6 Å². The minimum absolute atomic E-state index is 0.101. The van der Waals surface area contributed by atoms with Gasteiger partial charge in [-0.15, -0.1) is 0 Å². The van der Waals surface area contributed by atoms with Gasteiger partial charge in [0, 0.05) is 24.7 Å². The van der Waals surface area contributed by atoms with Gasteiger partial charge in [0.05, 0.1) is 33.4 Å². The van der Waals surface area contributed by atoms with Crippen molar-refractivity contribution in [3.8, 4) is 17.2 Å². The summed E-state index contributed by atoms with van der Waals surface area (Å²) in [6.45, 7) is 3.55. The lowest BCUT2D eigenvalue weighted by Gasteiger charge is -2.14. The first-order chi connectivity index (χ1) is 11.0. The molecule has 0 fully saturated rings. The molecule has 0 radical (unpaired) electrons. The van der Waals surface area contributed by atoms with Gasteiger partial charge in [-0.1, -0.05) is 0 Å². The molecule has 1 aromatic carbocycles. The van der Waals surface area contributed by atoms with E-state index in [2.05, 4.69) is 10.3 Å². The number of anilines is 1. The molecule has 0 saturated carbocycles. The Labute approximate surface area is 134 Å². The Morgan fingerprint density at radius 2 is 1.74 bits per heavy atom. The van der Waals surface area contributed by atoms with Crippen LogP contribution in [0.3, 0.4) is 0 Å². The quantitative estimate of drug-likeness (QED) is 0.880. The Bertz CT molecular complexity index is 683. The Balaban J connectivity index is 2.19. The first kappa shape index (κ1) is 16.7. The van der Waals surface area contributed by atoms with Crippen molar-refractivity contribution in [2.24, 2.45) is 0 Å².